The van der Waals surface area contributed by atoms with E-state index in [0.717, 1.165) is 17.5 Å². The van der Waals surface area contributed by atoms with Crippen LogP contribution < -0.4 is 0 Å². The minimum Gasteiger partial charge on any atom is -0.459 e. The van der Waals surface area contributed by atoms with Crippen LogP contribution in [0.15, 0.2) is 60.7 Å². The molecule has 4 rings (SSSR count). The van der Waals surface area contributed by atoms with E-state index in [9.17, 15) is 9.59 Å². The highest BCUT2D eigenvalue weighted by atomic mass is 16.7. The van der Waals surface area contributed by atoms with Gasteiger partial charge in [-0.1, -0.05) is 73.5 Å². The number of carbonyl (C=O) groups excluding carboxylic acids is 2. The fraction of sp³-hybridized carbons (Fsp3) is 0.588. The molecule has 2 aromatic carbocycles. The Morgan fingerprint density at radius 2 is 1.44 bits per heavy atom. The van der Waals surface area contributed by atoms with Crippen molar-refractivity contribution in [1.82, 2.24) is 4.90 Å². The van der Waals surface area contributed by atoms with Crippen LogP contribution in [0.2, 0.25) is 6.32 Å². The van der Waals surface area contributed by atoms with Gasteiger partial charge in [-0.15, -0.1) is 0 Å². The van der Waals surface area contributed by atoms with Gasteiger partial charge in [0.2, 0.25) is 0 Å². The summed E-state index contributed by atoms with van der Waals surface area (Å²) in [6, 6.07) is 19.4. The molecular formula is C34H48BNO7. The van der Waals surface area contributed by atoms with E-state index >= 15 is 0 Å². The molecule has 0 N–H and O–H groups in total. The molecular weight excluding hydrogens is 545 g/mol. The van der Waals surface area contributed by atoms with Gasteiger partial charge < -0.3 is 23.5 Å². The molecule has 9 heteroatoms. The zero-order chi connectivity index (χ0) is 31.3. The lowest BCUT2D eigenvalue weighted by molar-refractivity contribution is -0.158. The Balaban J connectivity index is 1.53. The molecule has 1 unspecified atom stereocenters. The summed E-state index contributed by atoms with van der Waals surface area (Å²) in [6.45, 7) is 14.4. The lowest BCUT2D eigenvalue weighted by Crippen LogP contribution is -2.55. The first kappa shape index (κ1) is 33.0. The number of ether oxygens (including phenoxy) is 3. The van der Waals surface area contributed by atoms with Crippen LogP contribution in [0.1, 0.15) is 85.3 Å². The summed E-state index contributed by atoms with van der Waals surface area (Å²) >= 11 is 0. The van der Waals surface area contributed by atoms with Crippen LogP contribution >= 0.6 is 0 Å². The number of amides is 1. The normalized spacial score (nSPS) is 22.9. The highest BCUT2D eigenvalue weighted by Gasteiger charge is 2.56. The first-order chi connectivity index (χ1) is 20.2. The Bertz CT molecular complexity index is 1200. The summed E-state index contributed by atoms with van der Waals surface area (Å²) in [4.78, 5) is 29.3. The van der Waals surface area contributed by atoms with Crippen LogP contribution in [-0.2, 0) is 41.5 Å². The third-order valence-electron chi connectivity index (χ3n) is 8.59. The van der Waals surface area contributed by atoms with Crippen molar-refractivity contribution < 1.29 is 33.1 Å². The Hall–Kier alpha value is -2.88. The van der Waals surface area contributed by atoms with E-state index in [1.54, 1.807) is 4.90 Å². The summed E-state index contributed by atoms with van der Waals surface area (Å²) < 4.78 is 30.4. The SMILES string of the molecule is CC(C)(C)OC(=O)N1C[C@@H](OCc2ccccc2)CC1(CCCCB1OC(C)(C)C(C)(C)O1)C(=O)OCc1ccccc1. The minimum absolute atomic E-state index is 0.118. The smallest absolute Gasteiger partial charge is 0.457 e. The van der Waals surface area contributed by atoms with E-state index in [-0.39, 0.29) is 26.4 Å². The van der Waals surface area contributed by atoms with Crippen LogP contribution in [0.5, 0.6) is 0 Å². The Kier molecular flexibility index (Phi) is 10.3. The average molecular weight is 594 g/mol. The van der Waals surface area contributed by atoms with Gasteiger partial charge >= 0.3 is 19.2 Å². The third kappa shape index (κ3) is 8.40. The molecule has 2 saturated heterocycles. The topological polar surface area (TPSA) is 83.5 Å². The molecule has 0 spiro atoms. The fourth-order valence-electron chi connectivity index (χ4n) is 5.60. The average Bonchev–Trinajstić information content (AvgIpc) is 3.42. The van der Waals surface area contributed by atoms with Crippen molar-refractivity contribution in [3.63, 3.8) is 0 Å². The molecule has 43 heavy (non-hydrogen) atoms. The van der Waals surface area contributed by atoms with Gasteiger partial charge in [-0.2, -0.15) is 0 Å². The summed E-state index contributed by atoms with van der Waals surface area (Å²) in [5.41, 5.74) is -0.848. The summed E-state index contributed by atoms with van der Waals surface area (Å²) in [5.74, 6) is -0.441. The molecule has 1 amide bonds. The Labute approximate surface area is 257 Å². The van der Waals surface area contributed by atoms with E-state index < -0.39 is 34.4 Å². The van der Waals surface area contributed by atoms with Gasteiger partial charge in [-0.3, -0.25) is 4.90 Å². The summed E-state index contributed by atoms with van der Waals surface area (Å²) in [6.07, 6.45) is 1.93. The third-order valence-corrected chi connectivity index (χ3v) is 8.59. The summed E-state index contributed by atoms with van der Waals surface area (Å²) in [5, 5.41) is 0. The van der Waals surface area contributed by atoms with Crippen molar-refractivity contribution in [3.05, 3.63) is 71.8 Å². The van der Waals surface area contributed by atoms with Gasteiger partial charge in [0.1, 0.15) is 17.7 Å². The molecule has 2 aromatic rings. The van der Waals surface area contributed by atoms with Crippen molar-refractivity contribution in [3.8, 4) is 0 Å². The van der Waals surface area contributed by atoms with Gasteiger partial charge in [0.25, 0.3) is 0 Å². The summed E-state index contributed by atoms with van der Waals surface area (Å²) in [7, 11) is -0.321. The monoisotopic (exact) mass is 593 g/mol. The quantitative estimate of drug-likeness (QED) is 0.158. The standard InChI is InChI=1S/C34H48BNO7/c1-31(2,3)41-30(38)36-23-28(39-24-26-16-10-8-11-17-26)22-34(36,29(37)40-25-27-18-12-9-13-19-27)20-14-15-21-35-42-32(4,5)33(6,7)43-35/h8-13,16-19,28H,14-15,20-25H2,1-7H3/t28-,34?/m0/s1. The van der Waals surface area contributed by atoms with Crippen LogP contribution in [0.4, 0.5) is 4.79 Å². The van der Waals surface area contributed by atoms with Crippen molar-refractivity contribution in [2.45, 2.75) is 122 Å². The Morgan fingerprint density at radius 1 is 0.884 bits per heavy atom. The molecule has 2 fully saturated rings. The maximum absolute atomic E-state index is 14.1. The first-order valence-corrected chi connectivity index (χ1v) is 15.4. The zero-order valence-corrected chi connectivity index (χ0v) is 26.9. The largest absolute Gasteiger partial charge is 0.459 e. The van der Waals surface area contributed by atoms with Crippen LogP contribution in [0, 0.1) is 0 Å². The van der Waals surface area contributed by atoms with Gasteiger partial charge in [-0.05, 0) is 72.3 Å². The van der Waals surface area contributed by atoms with Gasteiger partial charge in [0.15, 0.2) is 0 Å². The molecule has 0 aromatic heterocycles. The number of benzene rings is 2. The molecule has 2 atom stereocenters. The second-order valence-corrected chi connectivity index (χ2v) is 13.7. The number of esters is 1. The minimum atomic E-state index is -1.23. The lowest BCUT2D eigenvalue weighted by Gasteiger charge is -2.37. The van der Waals surface area contributed by atoms with Gasteiger partial charge in [0, 0.05) is 6.42 Å². The first-order valence-electron chi connectivity index (χ1n) is 15.4. The van der Waals surface area contributed by atoms with Crippen molar-refractivity contribution >= 4 is 19.2 Å². The van der Waals surface area contributed by atoms with E-state index in [1.807, 2.05) is 109 Å². The maximum Gasteiger partial charge on any atom is 0.457 e. The van der Waals surface area contributed by atoms with Gasteiger partial charge in [0.05, 0.1) is 30.5 Å². The highest BCUT2D eigenvalue weighted by Crippen LogP contribution is 2.41. The number of carbonyl (C=O) groups is 2. The van der Waals surface area contributed by atoms with E-state index in [4.69, 9.17) is 23.5 Å². The molecule has 2 heterocycles. The maximum atomic E-state index is 14.1. The highest BCUT2D eigenvalue weighted by molar-refractivity contribution is 6.45. The number of nitrogens with zero attached hydrogens (tertiary/aromatic N) is 1. The molecule has 2 aliphatic rings. The number of likely N-dealkylation sites (tertiary alicyclic amines) is 1. The van der Waals surface area contributed by atoms with Crippen LogP contribution in [0.3, 0.4) is 0 Å². The van der Waals surface area contributed by atoms with Crippen molar-refractivity contribution in [1.29, 1.82) is 0 Å². The zero-order valence-electron chi connectivity index (χ0n) is 26.9. The number of rotatable bonds is 11. The molecule has 0 aliphatic carbocycles. The second-order valence-electron chi connectivity index (χ2n) is 13.7. The van der Waals surface area contributed by atoms with Crippen molar-refractivity contribution in [2.75, 3.05) is 6.54 Å². The molecule has 2 aliphatic heterocycles. The number of hydrogen-bond donors (Lipinski definition) is 0. The van der Waals surface area contributed by atoms with E-state index in [2.05, 4.69) is 0 Å². The lowest BCUT2D eigenvalue weighted by atomic mass is 9.80. The van der Waals surface area contributed by atoms with E-state index in [1.165, 1.54) is 0 Å². The van der Waals surface area contributed by atoms with Crippen LogP contribution in [-0.4, -0.2) is 59.1 Å². The second kappa shape index (κ2) is 13.4. The number of unbranched alkanes of at least 4 members (excludes halogenated alkanes) is 1. The predicted molar refractivity (Wildman–Crippen MR) is 166 cm³/mol. The molecule has 0 bridgehead atoms. The molecule has 0 radical (unpaired) electrons. The van der Waals surface area contributed by atoms with E-state index in [0.29, 0.717) is 32.2 Å². The molecule has 8 nitrogen and oxygen atoms in total. The van der Waals surface area contributed by atoms with Crippen LogP contribution in [0.25, 0.3) is 0 Å². The van der Waals surface area contributed by atoms with Gasteiger partial charge in [-0.25, -0.2) is 9.59 Å². The molecule has 0 saturated carbocycles. The van der Waals surface area contributed by atoms with Crippen molar-refractivity contribution in [2.24, 2.45) is 0 Å². The predicted octanol–water partition coefficient (Wildman–Crippen LogP) is 6.96. The number of hydrogen-bond acceptors (Lipinski definition) is 7. The fourth-order valence-corrected chi connectivity index (χ4v) is 5.60. The molecule has 234 valence electrons. The Morgan fingerprint density at radius 3 is 2.00 bits per heavy atom.